The smallest absolute Gasteiger partial charge is 0.246 e. The number of tetrazole rings is 1. The van der Waals surface area contributed by atoms with Crippen molar-refractivity contribution in [2.24, 2.45) is 0 Å². The van der Waals surface area contributed by atoms with E-state index in [-0.39, 0.29) is 24.5 Å². The summed E-state index contributed by atoms with van der Waals surface area (Å²) in [6.07, 6.45) is 5.93. The van der Waals surface area contributed by atoms with Crippen molar-refractivity contribution in [3.63, 3.8) is 0 Å². The average molecular weight is 383 g/mol. The molecule has 28 heavy (non-hydrogen) atoms. The van der Waals surface area contributed by atoms with E-state index in [9.17, 15) is 4.79 Å². The summed E-state index contributed by atoms with van der Waals surface area (Å²) in [4.78, 5) is 18.6. The van der Waals surface area contributed by atoms with Crippen LogP contribution in [0.25, 0.3) is 11.4 Å². The van der Waals surface area contributed by atoms with Gasteiger partial charge in [0.1, 0.15) is 6.54 Å². The number of aromatic nitrogens is 4. The number of carbonyl (C=O) groups excluding carboxylic acids is 1. The maximum Gasteiger partial charge on any atom is 0.246 e. The van der Waals surface area contributed by atoms with Crippen LogP contribution in [0.5, 0.6) is 0 Å². The van der Waals surface area contributed by atoms with Crippen LogP contribution in [-0.4, -0.2) is 61.1 Å². The van der Waals surface area contributed by atoms with Gasteiger partial charge in [0.05, 0.1) is 0 Å². The first-order valence-corrected chi connectivity index (χ1v) is 10.5. The highest BCUT2D eigenvalue weighted by Crippen LogP contribution is 2.23. The number of hydrogen-bond acceptors (Lipinski definition) is 5. The molecule has 4 rings (SSSR count). The lowest BCUT2D eigenvalue weighted by Crippen LogP contribution is -2.48. The number of benzene rings is 1. The van der Waals surface area contributed by atoms with Crippen LogP contribution in [0.15, 0.2) is 24.3 Å². The lowest BCUT2D eigenvalue weighted by atomic mass is 9.97. The standard InChI is InChI=1S/C21H30N6O/c1-16-6-5-7-17(2)27(16)20(28)15-26-23-21(22-24-26)19-10-8-18(9-11-19)14-25-12-3-4-13-25/h8-11,16-17H,3-7,12-15H2,1-2H3/t16-,17-/m1/s1. The molecule has 2 aromatic rings. The molecule has 0 unspecified atom stereocenters. The van der Waals surface area contributed by atoms with Gasteiger partial charge in [0.25, 0.3) is 0 Å². The van der Waals surface area contributed by atoms with Crippen molar-refractivity contribution in [1.29, 1.82) is 0 Å². The lowest BCUT2D eigenvalue weighted by molar-refractivity contribution is -0.138. The molecule has 0 radical (unpaired) electrons. The number of piperidine rings is 1. The van der Waals surface area contributed by atoms with Gasteiger partial charge in [-0.25, -0.2) is 0 Å². The molecular formula is C21H30N6O. The third kappa shape index (κ3) is 4.24. The van der Waals surface area contributed by atoms with Gasteiger partial charge in [0.2, 0.25) is 11.7 Å². The monoisotopic (exact) mass is 382 g/mol. The highest BCUT2D eigenvalue weighted by Gasteiger charge is 2.29. The summed E-state index contributed by atoms with van der Waals surface area (Å²) in [5, 5.41) is 12.7. The van der Waals surface area contributed by atoms with Gasteiger partial charge in [0.15, 0.2) is 0 Å². The minimum Gasteiger partial charge on any atom is -0.336 e. The van der Waals surface area contributed by atoms with Gasteiger partial charge in [-0.1, -0.05) is 24.3 Å². The van der Waals surface area contributed by atoms with Gasteiger partial charge in [-0.05, 0) is 69.8 Å². The van der Waals surface area contributed by atoms with Crippen LogP contribution in [-0.2, 0) is 17.9 Å². The molecule has 7 nitrogen and oxygen atoms in total. The normalized spacial score (nSPS) is 23.3. The lowest BCUT2D eigenvalue weighted by Gasteiger charge is -2.38. The van der Waals surface area contributed by atoms with E-state index < -0.39 is 0 Å². The largest absolute Gasteiger partial charge is 0.336 e. The van der Waals surface area contributed by atoms with E-state index in [0.717, 1.165) is 24.9 Å². The van der Waals surface area contributed by atoms with Crippen molar-refractivity contribution < 1.29 is 4.79 Å². The molecule has 150 valence electrons. The summed E-state index contributed by atoms with van der Waals surface area (Å²) in [6, 6.07) is 8.92. The number of nitrogens with zero attached hydrogens (tertiary/aromatic N) is 6. The summed E-state index contributed by atoms with van der Waals surface area (Å²) in [5.41, 5.74) is 2.24. The van der Waals surface area contributed by atoms with E-state index >= 15 is 0 Å². The number of likely N-dealkylation sites (tertiary alicyclic amines) is 2. The van der Waals surface area contributed by atoms with Gasteiger partial charge in [0, 0.05) is 24.2 Å². The molecule has 3 heterocycles. The van der Waals surface area contributed by atoms with E-state index in [1.54, 1.807) is 0 Å². The molecule has 0 saturated carbocycles. The molecular weight excluding hydrogens is 352 g/mol. The Morgan fingerprint density at radius 3 is 2.39 bits per heavy atom. The molecule has 7 heteroatoms. The first-order chi connectivity index (χ1) is 13.6. The van der Waals surface area contributed by atoms with Gasteiger partial charge in [-0.15, -0.1) is 10.2 Å². The van der Waals surface area contributed by atoms with Crippen LogP contribution < -0.4 is 0 Å². The van der Waals surface area contributed by atoms with Crippen LogP contribution >= 0.6 is 0 Å². The highest BCUT2D eigenvalue weighted by atomic mass is 16.2. The molecule has 2 aliphatic rings. The average Bonchev–Trinajstić information content (AvgIpc) is 3.34. The maximum absolute atomic E-state index is 12.7. The molecule has 0 spiro atoms. The molecule has 0 aliphatic carbocycles. The van der Waals surface area contributed by atoms with Crippen molar-refractivity contribution in [3.05, 3.63) is 29.8 Å². The number of carbonyl (C=O) groups is 1. The number of hydrogen-bond donors (Lipinski definition) is 0. The quantitative estimate of drug-likeness (QED) is 0.795. The summed E-state index contributed by atoms with van der Waals surface area (Å²) in [5.74, 6) is 0.643. The minimum absolute atomic E-state index is 0.0737. The Hall–Kier alpha value is -2.28. The second-order valence-electron chi connectivity index (χ2n) is 8.25. The minimum atomic E-state index is 0.0737. The van der Waals surface area contributed by atoms with Crippen LogP contribution in [0.1, 0.15) is 51.5 Å². The fourth-order valence-electron chi connectivity index (χ4n) is 4.50. The molecule has 1 aromatic carbocycles. The van der Waals surface area contributed by atoms with Gasteiger partial charge < -0.3 is 4.90 Å². The molecule has 2 aliphatic heterocycles. The summed E-state index contributed by atoms with van der Waals surface area (Å²) >= 11 is 0. The SMILES string of the molecule is C[C@@H]1CCC[C@@H](C)N1C(=O)Cn1nnc(-c2ccc(CN3CCCC3)cc2)n1. The third-order valence-corrected chi connectivity index (χ3v) is 6.03. The third-order valence-electron chi connectivity index (χ3n) is 6.03. The van der Waals surface area contributed by atoms with Crippen molar-refractivity contribution in [3.8, 4) is 11.4 Å². The Labute approximate surface area is 166 Å². The molecule has 2 saturated heterocycles. The van der Waals surface area contributed by atoms with E-state index in [1.165, 1.54) is 42.7 Å². The zero-order valence-electron chi connectivity index (χ0n) is 16.9. The Kier molecular flexibility index (Phi) is 5.71. The molecule has 2 atom stereocenters. The molecule has 0 bridgehead atoms. The molecule has 2 fully saturated rings. The number of amides is 1. The second kappa shape index (κ2) is 8.39. The number of rotatable bonds is 5. The zero-order chi connectivity index (χ0) is 19.5. The Morgan fingerprint density at radius 1 is 1.04 bits per heavy atom. The predicted octanol–water partition coefficient (Wildman–Crippen LogP) is 2.73. The molecule has 1 aromatic heterocycles. The van der Waals surface area contributed by atoms with Crippen molar-refractivity contribution in [2.75, 3.05) is 13.1 Å². The highest BCUT2D eigenvalue weighted by molar-refractivity contribution is 5.76. The van der Waals surface area contributed by atoms with E-state index in [2.05, 4.69) is 46.3 Å². The summed E-state index contributed by atoms with van der Waals surface area (Å²) in [6.45, 7) is 7.78. The van der Waals surface area contributed by atoms with Crippen molar-refractivity contribution in [1.82, 2.24) is 30.0 Å². The van der Waals surface area contributed by atoms with Crippen molar-refractivity contribution >= 4 is 5.91 Å². The van der Waals surface area contributed by atoms with Crippen LogP contribution in [0.3, 0.4) is 0 Å². The first-order valence-electron chi connectivity index (χ1n) is 10.5. The predicted molar refractivity (Wildman–Crippen MR) is 107 cm³/mol. The van der Waals surface area contributed by atoms with E-state index in [4.69, 9.17) is 0 Å². The Bertz CT molecular complexity index is 785. The van der Waals surface area contributed by atoms with Crippen LogP contribution in [0.4, 0.5) is 0 Å². The van der Waals surface area contributed by atoms with Gasteiger partial charge >= 0.3 is 0 Å². The maximum atomic E-state index is 12.7. The van der Waals surface area contributed by atoms with Crippen LogP contribution in [0, 0.1) is 0 Å². The van der Waals surface area contributed by atoms with E-state index in [1.807, 2.05) is 17.0 Å². The topological polar surface area (TPSA) is 67.2 Å². The first kappa shape index (κ1) is 19.1. The fraction of sp³-hybridized carbons (Fsp3) is 0.619. The summed E-state index contributed by atoms with van der Waals surface area (Å²) < 4.78 is 0. The Morgan fingerprint density at radius 2 is 1.71 bits per heavy atom. The summed E-state index contributed by atoms with van der Waals surface area (Å²) in [7, 11) is 0. The van der Waals surface area contributed by atoms with Gasteiger partial charge in [-0.3, -0.25) is 9.69 Å². The van der Waals surface area contributed by atoms with Crippen molar-refractivity contribution in [2.45, 2.75) is 71.1 Å². The molecule has 0 N–H and O–H groups in total. The van der Waals surface area contributed by atoms with Gasteiger partial charge in [-0.2, -0.15) is 4.80 Å². The fourth-order valence-corrected chi connectivity index (χ4v) is 4.50. The van der Waals surface area contributed by atoms with Crippen LogP contribution in [0.2, 0.25) is 0 Å². The zero-order valence-corrected chi connectivity index (χ0v) is 16.9. The molecule has 1 amide bonds. The second-order valence-corrected chi connectivity index (χ2v) is 8.25. The van der Waals surface area contributed by atoms with E-state index in [0.29, 0.717) is 5.82 Å². The Balaban J connectivity index is 1.39.